The topological polar surface area (TPSA) is 20.2 Å². The summed E-state index contributed by atoms with van der Waals surface area (Å²) >= 11 is 0. The standard InChI is InChI=1S/C30H62O/c1-4-7-10-13-16-17-18-19-22-25-28-30(29-31,26-23-20-14-11-8-5-2)27-24-21-15-12-9-6-3/h31H,4-29H2,1-3H3. The van der Waals surface area contributed by atoms with Gasteiger partial charge in [-0.2, -0.15) is 0 Å². The van der Waals surface area contributed by atoms with Gasteiger partial charge < -0.3 is 5.11 Å². The molecule has 31 heavy (non-hydrogen) atoms. The van der Waals surface area contributed by atoms with Crippen LogP contribution < -0.4 is 0 Å². The fourth-order valence-electron chi connectivity index (χ4n) is 5.16. The Morgan fingerprint density at radius 1 is 0.355 bits per heavy atom. The maximum absolute atomic E-state index is 10.4. The average Bonchev–Trinajstić information content (AvgIpc) is 2.79. The molecule has 188 valence electrons. The number of aliphatic hydroxyl groups excluding tert-OH is 1. The molecule has 0 saturated carbocycles. The van der Waals surface area contributed by atoms with Crippen LogP contribution in [0.3, 0.4) is 0 Å². The molecule has 0 bridgehead atoms. The van der Waals surface area contributed by atoms with Gasteiger partial charge in [0.05, 0.1) is 0 Å². The van der Waals surface area contributed by atoms with Crippen molar-refractivity contribution in [3.8, 4) is 0 Å². The first-order chi connectivity index (χ1) is 15.2. The Kier molecular flexibility index (Phi) is 24.6. The molecule has 0 atom stereocenters. The van der Waals surface area contributed by atoms with Crippen molar-refractivity contribution in [1.29, 1.82) is 0 Å². The van der Waals surface area contributed by atoms with E-state index in [2.05, 4.69) is 20.8 Å². The quantitative estimate of drug-likeness (QED) is 0.133. The Labute approximate surface area is 198 Å². The smallest absolute Gasteiger partial charge is 0.0487 e. The lowest BCUT2D eigenvalue weighted by Crippen LogP contribution is -2.26. The van der Waals surface area contributed by atoms with E-state index in [1.54, 1.807) is 0 Å². The van der Waals surface area contributed by atoms with E-state index < -0.39 is 0 Å². The summed E-state index contributed by atoms with van der Waals surface area (Å²) in [4.78, 5) is 0. The van der Waals surface area contributed by atoms with E-state index in [-0.39, 0.29) is 5.41 Å². The molecule has 0 unspecified atom stereocenters. The van der Waals surface area contributed by atoms with Crippen LogP contribution in [0.25, 0.3) is 0 Å². The predicted octanol–water partition coefficient (Wildman–Crippen LogP) is 10.8. The first-order valence-electron chi connectivity index (χ1n) is 14.9. The lowest BCUT2D eigenvalue weighted by molar-refractivity contribution is 0.0856. The highest BCUT2D eigenvalue weighted by Crippen LogP contribution is 2.37. The van der Waals surface area contributed by atoms with Gasteiger partial charge in [-0.25, -0.2) is 0 Å². The Bertz CT molecular complexity index is 308. The molecule has 0 aliphatic heterocycles. The maximum Gasteiger partial charge on any atom is 0.0487 e. The molecule has 1 nitrogen and oxygen atoms in total. The maximum atomic E-state index is 10.4. The summed E-state index contributed by atoms with van der Waals surface area (Å²) in [6.07, 6.45) is 34.3. The third kappa shape index (κ3) is 20.3. The highest BCUT2D eigenvalue weighted by Gasteiger charge is 2.27. The first-order valence-corrected chi connectivity index (χ1v) is 14.9. The summed E-state index contributed by atoms with van der Waals surface area (Å²) in [5, 5.41) is 10.4. The first kappa shape index (κ1) is 31.0. The zero-order valence-electron chi connectivity index (χ0n) is 22.3. The van der Waals surface area contributed by atoms with Gasteiger partial charge in [-0.15, -0.1) is 0 Å². The summed E-state index contributed by atoms with van der Waals surface area (Å²) < 4.78 is 0. The van der Waals surface area contributed by atoms with Crippen LogP contribution in [0.2, 0.25) is 0 Å². The Morgan fingerprint density at radius 2 is 0.581 bits per heavy atom. The average molecular weight is 439 g/mol. The van der Waals surface area contributed by atoms with E-state index in [1.807, 2.05) is 0 Å². The highest BCUT2D eigenvalue weighted by molar-refractivity contribution is 4.79. The summed E-state index contributed by atoms with van der Waals surface area (Å²) in [5.41, 5.74) is 0.232. The van der Waals surface area contributed by atoms with Gasteiger partial charge >= 0.3 is 0 Å². The monoisotopic (exact) mass is 438 g/mol. The fourth-order valence-corrected chi connectivity index (χ4v) is 5.16. The van der Waals surface area contributed by atoms with Crippen molar-refractivity contribution in [1.82, 2.24) is 0 Å². The zero-order chi connectivity index (χ0) is 22.9. The minimum atomic E-state index is 0.232. The number of unbranched alkanes of at least 4 members (excludes halogenated alkanes) is 19. The summed E-state index contributed by atoms with van der Waals surface area (Å²) in [6, 6.07) is 0. The Morgan fingerprint density at radius 3 is 0.806 bits per heavy atom. The van der Waals surface area contributed by atoms with Crippen molar-refractivity contribution >= 4 is 0 Å². The zero-order valence-corrected chi connectivity index (χ0v) is 22.3. The molecule has 0 heterocycles. The van der Waals surface area contributed by atoms with E-state index in [0.717, 1.165) is 0 Å². The second-order valence-corrected chi connectivity index (χ2v) is 10.6. The van der Waals surface area contributed by atoms with Crippen LogP contribution >= 0.6 is 0 Å². The van der Waals surface area contributed by atoms with Crippen molar-refractivity contribution in [3.63, 3.8) is 0 Å². The van der Waals surface area contributed by atoms with Gasteiger partial charge in [0.1, 0.15) is 0 Å². The molecule has 1 N–H and O–H groups in total. The molecule has 0 aliphatic rings. The van der Waals surface area contributed by atoms with E-state index in [1.165, 1.54) is 161 Å². The third-order valence-electron chi connectivity index (χ3n) is 7.52. The normalized spacial score (nSPS) is 12.0. The summed E-state index contributed by atoms with van der Waals surface area (Å²) in [6.45, 7) is 7.31. The van der Waals surface area contributed by atoms with Crippen molar-refractivity contribution in [2.75, 3.05) is 6.61 Å². The van der Waals surface area contributed by atoms with E-state index in [9.17, 15) is 5.11 Å². The molecule has 0 rings (SSSR count). The molecule has 0 amide bonds. The minimum Gasteiger partial charge on any atom is -0.396 e. The third-order valence-corrected chi connectivity index (χ3v) is 7.52. The van der Waals surface area contributed by atoms with Gasteiger partial charge in [-0.05, 0) is 24.7 Å². The molecule has 0 fully saturated rings. The molecule has 0 aromatic rings. The van der Waals surface area contributed by atoms with Gasteiger partial charge in [-0.1, -0.05) is 162 Å². The van der Waals surface area contributed by atoms with Crippen molar-refractivity contribution in [2.24, 2.45) is 5.41 Å². The van der Waals surface area contributed by atoms with Crippen molar-refractivity contribution in [3.05, 3.63) is 0 Å². The van der Waals surface area contributed by atoms with Gasteiger partial charge in [0.25, 0.3) is 0 Å². The molecule has 0 spiro atoms. The molecule has 0 radical (unpaired) electrons. The van der Waals surface area contributed by atoms with E-state index in [4.69, 9.17) is 0 Å². The molecule has 1 heteroatoms. The van der Waals surface area contributed by atoms with Crippen molar-refractivity contribution < 1.29 is 5.11 Å². The van der Waals surface area contributed by atoms with E-state index in [0.29, 0.717) is 6.61 Å². The molecular weight excluding hydrogens is 376 g/mol. The summed E-state index contributed by atoms with van der Waals surface area (Å²) in [5.74, 6) is 0. The van der Waals surface area contributed by atoms with Crippen LogP contribution in [0, 0.1) is 5.41 Å². The van der Waals surface area contributed by atoms with Gasteiger partial charge in [0.15, 0.2) is 0 Å². The van der Waals surface area contributed by atoms with Gasteiger partial charge in [0.2, 0.25) is 0 Å². The van der Waals surface area contributed by atoms with Gasteiger partial charge in [-0.3, -0.25) is 0 Å². The molecule has 0 aromatic carbocycles. The van der Waals surface area contributed by atoms with Crippen LogP contribution in [-0.4, -0.2) is 11.7 Å². The van der Waals surface area contributed by atoms with Crippen molar-refractivity contribution in [2.45, 2.75) is 181 Å². The molecule has 0 aliphatic carbocycles. The Hall–Kier alpha value is -0.0400. The second kappa shape index (κ2) is 24.6. The highest BCUT2D eigenvalue weighted by atomic mass is 16.3. The summed E-state index contributed by atoms with van der Waals surface area (Å²) in [7, 11) is 0. The number of hydrogen-bond donors (Lipinski definition) is 1. The number of rotatable bonds is 26. The molecule has 0 saturated heterocycles. The number of hydrogen-bond acceptors (Lipinski definition) is 1. The van der Waals surface area contributed by atoms with Crippen LogP contribution in [0.1, 0.15) is 181 Å². The van der Waals surface area contributed by atoms with Gasteiger partial charge in [0, 0.05) is 6.61 Å². The van der Waals surface area contributed by atoms with Crippen LogP contribution in [0.4, 0.5) is 0 Å². The molecular formula is C30H62O. The SMILES string of the molecule is CCCCCCCCCCCCC(CO)(CCCCCCCC)CCCCCCCC. The number of aliphatic hydroxyl groups is 1. The van der Waals surface area contributed by atoms with E-state index >= 15 is 0 Å². The fraction of sp³-hybridized carbons (Fsp3) is 1.00. The van der Waals surface area contributed by atoms with Crippen LogP contribution in [0.5, 0.6) is 0 Å². The lowest BCUT2D eigenvalue weighted by Gasteiger charge is -2.32. The minimum absolute atomic E-state index is 0.232. The lowest BCUT2D eigenvalue weighted by atomic mass is 9.74. The molecule has 0 aromatic heterocycles. The Balaban J connectivity index is 4.15. The van der Waals surface area contributed by atoms with Crippen LogP contribution in [-0.2, 0) is 0 Å². The van der Waals surface area contributed by atoms with Crippen LogP contribution in [0.15, 0.2) is 0 Å². The predicted molar refractivity (Wildman–Crippen MR) is 142 cm³/mol. The largest absolute Gasteiger partial charge is 0.396 e. The second-order valence-electron chi connectivity index (χ2n) is 10.6.